The molecule has 3 nitrogen and oxygen atoms in total. The quantitative estimate of drug-likeness (QED) is 0.558. The average molecular weight is 205 g/mol. The first-order valence-corrected chi connectivity index (χ1v) is 5.32. The number of hydrogen-bond acceptors (Lipinski definition) is 3. The molecule has 3 heteroatoms. The highest BCUT2D eigenvalue weighted by atomic mass is 16.5. The van der Waals surface area contributed by atoms with Gasteiger partial charge in [0.15, 0.2) is 0 Å². The second-order valence-corrected chi connectivity index (χ2v) is 3.58. The molecule has 2 rings (SSSR count). The number of nitrogens with zero attached hydrogens (tertiary/aromatic N) is 1. The van der Waals surface area contributed by atoms with Crippen molar-refractivity contribution in [2.75, 3.05) is 13.1 Å². The van der Waals surface area contributed by atoms with Gasteiger partial charge in [-0.15, -0.1) is 0 Å². The Balaban J connectivity index is 2.37. The first-order valence-electron chi connectivity index (χ1n) is 5.32. The predicted octanol–water partition coefficient (Wildman–Crippen LogP) is 1.99. The minimum Gasteiger partial charge on any atom is -0.425 e. The normalized spacial score (nSPS) is 19.1. The lowest BCUT2D eigenvalue weighted by molar-refractivity contribution is -0.138. The molecule has 0 saturated carbocycles. The van der Waals surface area contributed by atoms with Crippen molar-refractivity contribution >= 4 is 5.97 Å². The molecule has 0 fully saturated rings. The average Bonchev–Trinajstić information content (AvgIpc) is 2.58. The minimum absolute atomic E-state index is 0.153. The third-order valence-electron chi connectivity index (χ3n) is 2.82. The molecule has 0 amide bonds. The van der Waals surface area contributed by atoms with E-state index < -0.39 is 0 Å². The molecule has 0 bridgehead atoms. The van der Waals surface area contributed by atoms with Crippen LogP contribution in [0.4, 0.5) is 0 Å². The maximum atomic E-state index is 11.7. The van der Waals surface area contributed by atoms with Gasteiger partial charge in [0.2, 0.25) is 0 Å². The van der Waals surface area contributed by atoms with Crippen LogP contribution >= 0.6 is 0 Å². The molecule has 0 N–H and O–H groups in total. The van der Waals surface area contributed by atoms with E-state index in [4.69, 9.17) is 4.74 Å². The second kappa shape index (κ2) is 4.03. The summed E-state index contributed by atoms with van der Waals surface area (Å²) < 4.78 is 5.22. The van der Waals surface area contributed by atoms with E-state index in [2.05, 4.69) is 18.7 Å². The van der Waals surface area contributed by atoms with Crippen molar-refractivity contribution in [2.45, 2.75) is 19.9 Å². The highest BCUT2D eigenvalue weighted by molar-refractivity contribution is 5.85. The van der Waals surface area contributed by atoms with Crippen molar-refractivity contribution in [1.29, 1.82) is 0 Å². The number of rotatable bonds is 3. The van der Waals surface area contributed by atoms with Crippen molar-refractivity contribution < 1.29 is 9.53 Å². The van der Waals surface area contributed by atoms with Crippen LogP contribution < -0.4 is 4.74 Å². The standard InChI is InChI=1S/C12H15NO2/c1-3-13(4-2)11-9-7-5-6-8-10(9)15-12(11)14/h5-8,11H,3-4H2,1-2H3. The van der Waals surface area contributed by atoms with E-state index in [9.17, 15) is 4.79 Å². The molecule has 1 aromatic rings. The Labute approximate surface area is 89.7 Å². The first kappa shape index (κ1) is 10.2. The molecule has 80 valence electrons. The van der Waals surface area contributed by atoms with Crippen LogP contribution in [0.2, 0.25) is 0 Å². The number of para-hydroxylation sites is 1. The molecule has 15 heavy (non-hydrogen) atoms. The molecule has 1 heterocycles. The molecule has 1 aromatic carbocycles. The summed E-state index contributed by atoms with van der Waals surface area (Å²) in [6.07, 6.45) is 0. The molecule has 0 aromatic heterocycles. The van der Waals surface area contributed by atoms with Gasteiger partial charge in [-0.05, 0) is 19.2 Å². The fraction of sp³-hybridized carbons (Fsp3) is 0.417. The fourth-order valence-corrected chi connectivity index (χ4v) is 2.03. The Morgan fingerprint density at radius 2 is 1.93 bits per heavy atom. The Morgan fingerprint density at radius 1 is 1.27 bits per heavy atom. The number of likely N-dealkylation sites (N-methyl/N-ethyl adjacent to an activating group) is 1. The smallest absolute Gasteiger partial charge is 0.333 e. The number of carbonyl (C=O) groups is 1. The van der Waals surface area contributed by atoms with Gasteiger partial charge in [0, 0.05) is 5.56 Å². The first-order chi connectivity index (χ1) is 7.27. The lowest BCUT2D eigenvalue weighted by Crippen LogP contribution is -2.32. The summed E-state index contributed by atoms with van der Waals surface area (Å²) in [5.41, 5.74) is 0.992. The molecule has 0 saturated heterocycles. The summed E-state index contributed by atoms with van der Waals surface area (Å²) >= 11 is 0. The molecule has 0 spiro atoms. The molecular formula is C12H15NO2. The summed E-state index contributed by atoms with van der Waals surface area (Å²) in [5, 5.41) is 0. The number of esters is 1. The molecule has 0 radical (unpaired) electrons. The van der Waals surface area contributed by atoms with E-state index in [1.807, 2.05) is 24.3 Å². The van der Waals surface area contributed by atoms with Crippen LogP contribution in [0, 0.1) is 0 Å². The molecule has 1 aliphatic heterocycles. The zero-order valence-corrected chi connectivity index (χ0v) is 9.06. The van der Waals surface area contributed by atoms with Crippen molar-refractivity contribution in [3.63, 3.8) is 0 Å². The van der Waals surface area contributed by atoms with Gasteiger partial charge in [-0.3, -0.25) is 4.90 Å². The summed E-state index contributed by atoms with van der Waals surface area (Å²) in [7, 11) is 0. The third-order valence-corrected chi connectivity index (χ3v) is 2.82. The largest absolute Gasteiger partial charge is 0.425 e. The number of benzene rings is 1. The van der Waals surface area contributed by atoms with Gasteiger partial charge in [-0.1, -0.05) is 32.0 Å². The van der Waals surface area contributed by atoms with E-state index in [1.165, 1.54) is 0 Å². The van der Waals surface area contributed by atoms with Gasteiger partial charge in [-0.2, -0.15) is 0 Å². The number of hydrogen-bond donors (Lipinski definition) is 0. The Hall–Kier alpha value is -1.35. The fourth-order valence-electron chi connectivity index (χ4n) is 2.03. The maximum absolute atomic E-state index is 11.7. The summed E-state index contributed by atoms with van der Waals surface area (Å²) in [5.74, 6) is 0.555. The molecule has 1 atom stereocenters. The highest BCUT2D eigenvalue weighted by Crippen LogP contribution is 2.36. The molecular weight excluding hydrogens is 190 g/mol. The van der Waals surface area contributed by atoms with Gasteiger partial charge in [-0.25, -0.2) is 4.79 Å². The number of fused-ring (bicyclic) bond motifs is 1. The summed E-state index contributed by atoms with van der Waals surface area (Å²) in [6, 6.07) is 7.42. The Bertz CT molecular complexity index is 372. The lowest BCUT2D eigenvalue weighted by atomic mass is 10.1. The van der Waals surface area contributed by atoms with E-state index in [0.717, 1.165) is 18.7 Å². The Morgan fingerprint density at radius 3 is 2.60 bits per heavy atom. The van der Waals surface area contributed by atoms with Crippen LogP contribution in [-0.2, 0) is 4.79 Å². The van der Waals surface area contributed by atoms with Gasteiger partial charge in [0.1, 0.15) is 11.8 Å². The third kappa shape index (κ3) is 1.63. The monoisotopic (exact) mass is 205 g/mol. The van der Waals surface area contributed by atoms with Gasteiger partial charge in [0.25, 0.3) is 0 Å². The van der Waals surface area contributed by atoms with Gasteiger partial charge >= 0.3 is 5.97 Å². The van der Waals surface area contributed by atoms with Gasteiger partial charge < -0.3 is 4.74 Å². The Kier molecular flexibility index (Phi) is 2.73. The van der Waals surface area contributed by atoms with Crippen molar-refractivity contribution in [3.8, 4) is 5.75 Å². The number of ether oxygens (including phenoxy) is 1. The highest BCUT2D eigenvalue weighted by Gasteiger charge is 2.36. The minimum atomic E-state index is -0.212. The van der Waals surface area contributed by atoms with E-state index >= 15 is 0 Å². The maximum Gasteiger partial charge on any atom is 0.333 e. The second-order valence-electron chi connectivity index (χ2n) is 3.58. The van der Waals surface area contributed by atoms with Crippen LogP contribution in [0.15, 0.2) is 24.3 Å². The molecule has 1 unspecified atom stereocenters. The van der Waals surface area contributed by atoms with Crippen LogP contribution in [0.5, 0.6) is 5.75 Å². The SMILES string of the molecule is CCN(CC)C1C(=O)Oc2ccccc21. The topological polar surface area (TPSA) is 29.5 Å². The van der Waals surface area contributed by atoms with Gasteiger partial charge in [0.05, 0.1) is 0 Å². The van der Waals surface area contributed by atoms with Crippen LogP contribution in [0.3, 0.4) is 0 Å². The van der Waals surface area contributed by atoms with Crippen LogP contribution in [0.25, 0.3) is 0 Å². The van der Waals surface area contributed by atoms with Crippen LogP contribution in [-0.4, -0.2) is 24.0 Å². The lowest BCUT2D eigenvalue weighted by Gasteiger charge is -2.23. The van der Waals surface area contributed by atoms with E-state index in [-0.39, 0.29) is 12.0 Å². The zero-order valence-electron chi connectivity index (χ0n) is 9.06. The predicted molar refractivity (Wildman–Crippen MR) is 57.7 cm³/mol. The molecule has 0 aliphatic carbocycles. The molecule has 1 aliphatic rings. The van der Waals surface area contributed by atoms with Crippen molar-refractivity contribution in [2.24, 2.45) is 0 Å². The summed E-state index contributed by atoms with van der Waals surface area (Å²) in [4.78, 5) is 13.8. The summed E-state index contributed by atoms with van der Waals surface area (Å²) in [6.45, 7) is 5.81. The van der Waals surface area contributed by atoms with E-state index in [0.29, 0.717) is 5.75 Å². The van der Waals surface area contributed by atoms with E-state index in [1.54, 1.807) is 0 Å². The van der Waals surface area contributed by atoms with Crippen LogP contribution in [0.1, 0.15) is 25.5 Å². The van der Waals surface area contributed by atoms with Crippen molar-refractivity contribution in [1.82, 2.24) is 4.90 Å². The number of carbonyl (C=O) groups excluding carboxylic acids is 1. The van der Waals surface area contributed by atoms with Crippen molar-refractivity contribution in [3.05, 3.63) is 29.8 Å². The zero-order chi connectivity index (χ0) is 10.8.